The maximum absolute atomic E-state index is 12.5. The zero-order valence-corrected chi connectivity index (χ0v) is 16.6. The third kappa shape index (κ3) is 2.73. The van der Waals surface area contributed by atoms with E-state index < -0.39 is 10.0 Å². The molecule has 3 aliphatic rings. The maximum Gasteiger partial charge on any atom is 0.232 e. The molecule has 11 heteroatoms. The Morgan fingerprint density at radius 3 is 2.86 bits per heavy atom. The van der Waals surface area contributed by atoms with Crippen LogP contribution in [0, 0.1) is 0 Å². The molecular weight excluding hydrogens is 382 g/mol. The Kier molecular flexibility index (Phi) is 4.00. The van der Waals surface area contributed by atoms with E-state index in [1.807, 2.05) is 17.1 Å². The van der Waals surface area contributed by atoms with Crippen molar-refractivity contribution in [3.05, 3.63) is 29.7 Å². The summed E-state index contributed by atoms with van der Waals surface area (Å²) in [4.78, 5) is 7.15. The zero-order chi connectivity index (χ0) is 19.5. The quantitative estimate of drug-likeness (QED) is 0.747. The standard InChI is InChI=1S/C17H23N7O3S/c1-11-10-27-8-7-22(11)14-9-13-17-16(19-14)15(12-3-4-18-20-12)21-23(17)5-6-24(13)28(2,25)26/h3-4,9,11,15,21H,5-8,10H2,1-2H3,(H,18,20)/t11-,15?/m1/s1. The summed E-state index contributed by atoms with van der Waals surface area (Å²) in [6.07, 6.45) is 2.96. The van der Waals surface area contributed by atoms with Gasteiger partial charge in [-0.1, -0.05) is 0 Å². The predicted octanol–water partition coefficient (Wildman–Crippen LogP) is 0.223. The first-order valence-electron chi connectivity index (χ1n) is 9.33. The van der Waals surface area contributed by atoms with Gasteiger partial charge in [0.2, 0.25) is 10.0 Å². The molecule has 5 rings (SSSR count). The molecule has 1 unspecified atom stereocenters. The summed E-state index contributed by atoms with van der Waals surface area (Å²) in [6.45, 7) is 4.99. The van der Waals surface area contributed by atoms with Crippen LogP contribution in [-0.2, 0) is 14.8 Å². The largest absolute Gasteiger partial charge is 0.377 e. The average molecular weight is 405 g/mol. The summed E-state index contributed by atoms with van der Waals surface area (Å²) < 4.78 is 32.0. The summed E-state index contributed by atoms with van der Waals surface area (Å²) in [5.74, 6) is 0.772. The van der Waals surface area contributed by atoms with Crippen molar-refractivity contribution >= 4 is 27.2 Å². The molecule has 10 nitrogen and oxygen atoms in total. The molecule has 0 bridgehead atoms. The smallest absolute Gasteiger partial charge is 0.232 e. The number of aromatic nitrogens is 3. The number of hydrogen-bond acceptors (Lipinski definition) is 8. The van der Waals surface area contributed by atoms with Gasteiger partial charge >= 0.3 is 0 Å². The molecule has 1 fully saturated rings. The first-order chi connectivity index (χ1) is 13.4. The normalized spacial score (nSPS) is 24.6. The van der Waals surface area contributed by atoms with E-state index in [9.17, 15) is 8.42 Å². The van der Waals surface area contributed by atoms with Gasteiger partial charge < -0.3 is 14.6 Å². The van der Waals surface area contributed by atoms with Gasteiger partial charge in [0.15, 0.2) is 0 Å². The fraction of sp³-hybridized carbons (Fsp3) is 0.529. The van der Waals surface area contributed by atoms with Crippen molar-refractivity contribution in [3.8, 4) is 0 Å². The molecule has 28 heavy (non-hydrogen) atoms. The third-order valence-corrected chi connectivity index (χ3v) is 6.69. The Bertz CT molecular complexity index is 994. The van der Waals surface area contributed by atoms with Gasteiger partial charge in [0.1, 0.15) is 17.5 Å². The zero-order valence-electron chi connectivity index (χ0n) is 15.8. The number of morpholine rings is 1. The Morgan fingerprint density at radius 1 is 1.29 bits per heavy atom. The molecule has 3 aliphatic heterocycles. The van der Waals surface area contributed by atoms with Gasteiger partial charge in [-0.2, -0.15) is 5.10 Å². The molecule has 0 spiro atoms. The second-order valence-electron chi connectivity index (χ2n) is 7.41. The van der Waals surface area contributed by atoms with Crippen LogP contribution in [0.2, 0.25) is 0 Å². The number of rotatable bonds is 3. The summed E-state index contributed by atoms with van der Waals surface area (Å²) in [5.41, 5.74) is 6.64. The second-order valence-corrected chi connectivity index (χ2v) is 9.32. The van der Waals surface area contributed by atoms with E-state index in [0.29, 0.717) is 32.0 Å². The topological polar surface area (TPSA) is 107 Å². The van der Waals surface area contributed by atoms with Gasteiger partial charge in [-0.25, -0.2) is 18.8 Å². The lowest BCUT2D eigenvalue weighted by atomic mass is 10.1. The Morgan fingerprint density at radius 2 is 2.14 bits per heavy atom. The van der Waals surface area contributed by atoms with Gasteiger partial charge in [-0.05, 0) is 13.0 Å². The number of anilines is 3. The lowest BCUT2D eigenvalue weighted by Gasteiger charge is -2.37. The number of nitrogens with zero attached hydrogens (tertiary/aromatic N) is 5. The number of sulfonamides is 1. The number of nitrogens with one attached hydrogen (secondary N) is 2. The number of hydrazine groups is 1. The number of pyridine rings is 1. The highest BCUT2D eigenvalue weighted by molar-refractivity contribution is 7.92. The van der Waals surface area contributed by atoms with E-state index in [2.05, 4.69) is 27.4 Å². The lowest BCUT2D eigenvalue weighted by Crippen LogP contribution is -2.47. The van der Waals surface area contributed by atoms with E-state index >= 15 is 0 Å². The predicted molar refractivity (Wildman–Crippen MR) is 105 cm³/mol. The lowest BCUT2D eigenvalue weighted by molar-refractivity contribution is 0.0985. The first kappa shape index (κ1) is 17.7. The molecule has 2 aromatic heterocycles. The van der Waals surface area contributed by atoms with E-state index in [-0.39, 0.29) is 12.1 Å². The summed E-state index contributed by atoms with van der Waals surface area (Å²) >= 11 is 0. The van der Waals surface area contributed by atoms with Gasteiger partial charge in [-0.3, -0.25) is 9.40 Å². The molecule has 0 radical (unpaired) electrons. The number of ether oxygens (including phenoxy) is 1. The van der Waals surface area contributed by atoms with Crippen LogP contribution >= 0.6 is 0 Å². The highest BCUT2D eigenvalue weighted by Crippen LogP contribution is 2.46. The van der Waals surface area contributed by atoms with Crippen molar-refractivity contribution in [2.45, 2.75) is 19.0 Å². The third-order valence-electron chi connectivity index (χ3n) is 5.51. The molecule has 2 aromatic rings. The summed E-state index contributed by atoms with van der Waals surface area (Å²) in [7, 11) is -3.40. The molecule has 0 aliphatic carbocycles. The number of H-pyrrole nitrogens is 1. The minimum Gasteiger partial charge on any atom is -0.377 e. The second kappa shape index (κ2) is 6.33. The van der Waals surface area contributed by atoms with Gasteiger partial charge in [-0.15, -0.1) is 0 Å². The Hall–Kier alpha value is -2.37. The molecule has 0 saturated carbocycles. The van der Waals surface area contributed by atoms with E-state index in [1.165, 1.54) is 10.6 Å². The fourth-order valence-corrected chi connectivity index (χ4v) is 5.08. The van der Waals surface area contributed by atoms with Crippen molar-refractivity contribution in [1.29, 1.82) is 0 Å². The van der Waals surface area contributed by atoms with E-state index in [4.69, 9.17) is 9.72 Å². The van der Waals surface area contributed by atoms with Crippen LogP contribution in [0.4, 0.5) is 17.2 Å². The maximum atomic E-state index is 12.5. The highest BCUT2D eigenvalue weighted by atomic mass is 32.2. The van der Waals surface area contributed by atoms with Crippen LogP contribution < -0.4 is 19.6 Å². The van der Waals surface area contributed by atoms with Crippen LogP contribution in [0.25, 0.3) is 0 Å². The van der Waals surface area contributed by atoms with Crippen molar-refractivity contribution in [2.75, 3.05) is 53.3 Å². The molecule has 2 atom stereocenters. The minimum absolute atomic E-state index is 0.165. The Labute approximate surface area is 163 Å². The molecule has 1 saturated heterocycles. The van der Waals surface area contributed by atoms with Crippen LogP contribution in [-0.4, -0.2) is 68.7 Å². The van der Waals surface area contributed by atoms with E-state index in [0.717, 1.165) is 29.4 Å². The molecule has 5 heterocycles. The molecular formula is C17H23N7O3S. The van der Waals surface area contributed by atoms with Gasteiger partial charge in [0.05, 0.1) is 55.7 Å². The first-order valence-corrected chi connectivity index (χ1v) is 11.2. The van der Waals surface area contributed by atoms with Crippen molar-refractivity contribution in [3.63, 3.8) is 0 Å². The van der Waals surface area contributed by atoms with Gasteiger partial charge in [0, 0.05) is 18.8 Å². The molecule has 0 aromatic carbocycles. The van der Waals surface area contributed by atoms with E-state index in [1.54, 1.807) is 6.20 Å². The van der Waals surface area contributed by atoms with Crippen molar-refractivity contribution in [1.82, 2.24) is 20.6 Å². The molecule has 2 N–H and O–H groups in total. The summed E-state index contributed by atoms with van der Waals surface area (Å²) in [6, 6.07) is 3.76. The van der Waals surface area contributed by atoms with Crippen LogP contribution in [0.1, 0.15) is 24.4 Å². The number of aromatic amines is 1. The van der Waals surface area contributed by atoms with Crippen LogP contribution in [0.15, 0.2) is 18.3 Å². The average Bonchev–Trinajstić information content (AvgIpc) is 3.30. The molecule has 0 amide bonds. The monoisotopic (exact) mass is 405 g/mol. The SMILES string of the molecule is C[C@@H]1COCCN1c1cc2c3c(n1)C(c1ccn[nH]1)NN3CCN2S(C)(=O)=O. The Balaban J connectivity index is 1.69. The van der Waals surface area contributed by atoms with Crippen molar-refractivity contribution in [2.24, 2.45) is 0 Å². The molecule has 150 valence electrons. The highest BCUT2D eigenvalue weighted by Gasteiger charge is 2.41. The number of hydrogen-bond donors (Lipinski definition) is 2. The van der Waals surface area contributed by atoms with Gasteiger partial charge in [0.25, 0.3) is 0 Å². The minimum atomic E-state index is -3.40. The van der Waals surface area contributed by atoms with Crippen LogP contribution in [0.3, 0.4) is 0 Å². The van der Waals surface area contributed by atoms with Crippen LogP contribution in [0.5, 0.6) is 0 Å². The summed E-state index contributed by atoms with van der Waals surface area (Å²) in [5, 5.41) is 9.07. The van der Waals surface area contributed by atoms with Crippen molar-refractivity contribution < 1.29 is 13.2 Å². The fourth-order valence-electron chi connectivity index (χ4n) is 4.17.